The lowest BCUT2D eigenvalue weighted by Crippen LogP contribution is -2.30. The molecule has 0 spiro atoms. The van der Waals surface area contributed by atoms with Gasteiger partial charge in [-0.05, 0) is 37.3 Å². The predicted octanol–water partition coefficient (Wildman–Crippen LogP) is 2.36. The third-order valence-electron chi connectivity index (χ3n) is 5.06. The van der Waals surface area contributed by atoms with Crippen LogP contribution in [-0.2, 0) is 18.4 Å². The largest absolute Gasteiger partial charge is 0.497 e. The summed E-state index contributed by atoms with van der Waals surface area (Å²) < 4.78 is 6.91. The van der Waals surface area contributed by atoms with Gasteiger partial charge in [0, 0.05) is 12.6 Å². The van der Waals surface area contributed by atoms with Crippen LogP contribution in [0, 0.1) is 5.92 Å². The smallest absolute Gasteiger partial charge is 0.260 e. The van der Waals surface area contributed by atoms with Crippen molar-refractivity contribution in [2.24, 2.45) is 23.0 Å². The maximum Gasteiger partial charge on any atom is 0.260 e. The fourth-order valence-corrected chi connectivity index (χ4v) is 4.06. The van der Waals surface area contributed by atoms with Gasteiger partial charge >= 0.3 is 0 Å². The Morgan fingerprint density at radius 3 is 2.75 bits per heavy atom. The minimum Gasteiger partial charge on any atom is -0.497 e. The van der Waals surface area contributed by atoms with E-state index in [0.717, 1.165) is 0 Å². The Bertz CT molecular complexity index is 1160. The number of carbonyl (C=O) groups is 2. The van der Waals surface area contributed by atoms with E-state index in [1.165, 1.54) is 11.8 Å². The highest BCUT2D eigenvalue weighted by atomic mass is 32.2. The second kappa shape index (κ2) is 9.31. The van der Waals surface area contributed by atoms with Crippen molar-refractivity contribution >= 4 is 35.1 Å². The molecule has 0 bridgehead atoms. The lowest BCUT2D eigenvalue weighted by molar-refractivity contribution is -0.118. The van der Waals surface area contributed by atoms with Gasteiger partial charge in [-0.25, -0.2) is 4.99 Å². The van der Waals surface area contributed by atoms with E-state index in [1.807, 2.05) is 32.2 Å². The summed E-state index contributed by atoms with van der Waals surface area (Å²) in [7, 11) is 3.40. The standard InChI is InChI=1S/C22H22N6O3S/c1-13(19-24-17-7-5-4-6-16(17)21(30)25-19)32-22-27-26-18(28(22)2)12-23-20(29)14-8-10-15(31-3)11-9-14/h4-11,13,16H,12H2,1-3H3,(H,23,29). The predicted molar refractivity (Wildman–Crippen MR) is 122 cm³/mol. The molecule has 32 heavy (non-hydrogen) atoms. The van der Waals surface area contributed by atoms with Crippen LogP contribution in [0.25, 0.3) is 0 Å². The molecule has 0 saturated carbocycles. The molecule has 1 N–H and O–H groups in total. The van der Waals surface area contributed by atoms with Crippen LogP contribution in [-0.4, -0.2) is 50.5 Å². The van der Waals surface area contributed by atoms with Crippen LogP contribution in [0.1, 0.15) is 23.1 Å². The molecule has 2 aliphatic rings. The van der Waals surface area contributed by atoms with E-state index < -0.39 is 5.92 Å². The SMILES string of the molecule is COc1ccc(C(=O)NCc2nnc(SC(C)C3=NC(=O)C4C=CC=CC4=N3)n2C)cc1. The van der Waals surface area contributed by atoms with Crippen molar-refractivity contribution in [1.82, 2.24) is 20.1 Å². The van der Waals surface area contributed by atoms with Crippen LogP contribution in [0.4, 0.5) is 0 Å². The summed E-state index contributed by atoms with van der Waals surface area (Å²) in [4.78, 5) is 33.4. The van der Waals surface area contributed by atoms with E-state index >= 15 is 0 Å². The molecule has 2 unspecified atom stereocenters. The van der Waals surface area contributed by atoms with Gasteiger partial charge < -0.3 is 14.6 Å². The van der Waals surface area contributed by atoms with Crippen LogP contribution in [0.2, 0.25) is 0 Å². The molecular formula is C22H22N6O3S. The normalized spacial score (nSPS) is 18.0. The van der Waals surface area contributed by atoms with Crippen LogP contribution >= 0.6 is 11.8 Å². The van der Waals surface area contributed by atoms with Gasteiger partial charge in [0.15, 0.2) is 11.0 Å². The van der Waals surface area contributed by atoms with Gasteiger partial charge in [0.25, 0.3) is 11.8 Å². The zero-order valence-corrected chi connectivity index (χ0v) is 18.7. The fraction of sp³-hybridized carbons (Fsp3) is 0.273. The molecule has 1 aromatic carbocycles. The number of aliphatic imine (C=N–C) groups is 2. The maximum atomic E-state index is 12.4. The third-order valence-corrected chi connectivity index (χ3v) is 6.20. The molecule has 2 amide bonds. The highest BCUT2D eigenvalue weighted by molar-refractivity contribution is 8.00. The summed E-state index contributed by atoms with van der Waals surface area (Å²) >= 11 is 1.40. The average Bonchev–Trinajstić information content (AvgIpc) is 3.16. The number of amidine groups is 1. The van der Waals surface area contributed by atoms with Gasteiger partial charge in [-0.15, -0.1) is 10.2 Å². The molecule has 4 rings (SSSR count). The zero-order chi connectivity index (χ0) is 22.7. The number of nitrogens with one attached hydrogen (secondary N) is 1. The number of amides is 2. The number of ether oxygens (including phenoxy) is 1. The molecule has 0 radical (unpaired) electrons. The molecule has 2 atom stereocenters. The van der Waals surface area contributed by atoms with E-state index in [0.29, 0.717) is 33.8 Å². The Balaban J connectivity index is 1.39. The maximum absolute atomic E-state index is 12.4. The van der Waals surface area contributed by atoms with Gasteiger partial charge in [0.2, 0.25) is 0 Å². The number of thioether (sulfide) groups is 1. The summed E-state index contributed by atoms with van der Waals surface area (Å²) in [5.74, 6) is 0.938. The highest BCUT2D eigenvalue weighted by Gasteiger charge is 2.29. The van der Waals surface area contributed by atoms with Crippen molar-refractivity contribution in [3.63, 3.8) is 0 Å². The number of methoxy groups -OCH3 is 1. The minimum atomic E-state index is -0.392. The van der Waals surface area contributed by atoms with Gasteiger partial charge in [-0.2, -0.15) is 4.99 Å². The summed E-state index contributed by atoms with van der Waals surface area (Å²) in [6, 6.07) is 6.86. The molecule has 1 aromatic heterocycles. The monoisotopic (exact) mass is 450 g/mol. The van der Waals surface area contributed by atoms with Crippen molar-refractivity contribution in [3.05, 3.63) is 60.0 Å². The molecule has 164 valence electrons. The number of benzene rings is 1. The second-order valence-electron chi connectivity index (χ2n) is 7.20. The Labute approximate surface area is 189 Å². The first-order chi connectivity index (χ1) is 15.5. The highest BCUT2D eigenvalue weighted by Crippen LogP contribution is 2.26. The Hall–Kier alpha value is -3.53. The first-order valence-electron chi connectivity index (χ1n) is 9.99. The summed E-state index contributed by atoms with van der Waals surface area (Å²) in [5, 5.41) is 11.7. The molecule has 0 saturated heterocycles. The van der Waals surface area contributed by atoms with E-state index in [4.69, 9.17) is 4.74 Å². The van der Waals surface area contributed by atoms with E-state index in [2.05, 4.69) is 25.5 Å². The summed E-state index contributed by atoms with van der Waals surface area (Å²) in [6.45, 7) is 2.15. The summed E-state index contributed by atoms with van der Waals surface area (Å²) in [5.41, 5.74) is 1.23. The Kier molecular flexibility index (Phi) is 6.31. The Morgan fingerprint density at radius 1 is 1.22 bits per heavy atom. The molecule has 2 heterocycles. The first-order valence-corrected chi connectivity index (χ1v) is 10.9. The van der Waals surface area contributed by atoms with Crippen LogP contribution in [0.15, 0.2) is 63.7 Å². The van der Waals surface area contributed by atoms with Gasteiger partial charge in [-0.3, -0.25) is 9.59 Å². The number of hydrogen-bond acceptors (Lipinski definition) is 7. The third kappa shape index (κ3) is 4.54. The zero-order valence-electron chi connectivity index (χ0n) is 17.8. The van der Waals surface area contributed by atoms with E-state index in [9.17, 15) is 9.59 Å². The topological polar surface area (TPSA) is 111 Å². The number of fused-ring (bicyclic) bond motifs is 1. The number of nitrogens with zero attached hydrogens (tertiary/aromatic N) is 5. The number of aromatic nitrogens is 3. The lowest BCUT2D eigenvalue weighted by Gasteiger charge is -2.20. The van der Waals surface area contributed by atoms with Gasteiger partial charge in [0.1, 0.15) is 17.5 Å². The molecule has 10 heteroatoms. The number of rotatable bonds is 7. The van der Waals surface area contributed by atoms with Gasteiger partial charge in [0.05, 0.1) is 24.6 Å². The molecule has 9 nitrogen and oxygen atoms in total. The van der Waals surface area contributed by atoms with Gasteiger partial charge in [-0.1, -0.05) is 30.0 Å². The molecule has 1 aliphatic carbocycles. The first kappa shape index (κ1) is 21.7. The fourth-order valence-electron chi connectivity index (χ4n) is 3.19. The average molecular weight is 451 g/mol. The quantitative estimate of drug-likeness (QED) is 0.649. The lowest BCUT2D eigenvalue weighted by atomic mass is 9.96. The molecule has 1 aliphatic heterocycles. The summed E-state index contributed by atoms with van der Waals surface area (Å²) in [6.07, 6.45) is 7.32. The van der Waals surface area contributed by atoms with Crippen molar-refractivity contribution in [1.29, 1.82) is 0 Å². The van der Waals surface area contributed by atoms with Crippen LogP contribution < -0.4 is 10.1 Å². The molecule has 0 fully saturated rings. The van der Waals surface area contributed by atoms with Crippen LogP contribution in [0.3, 0.4) is 0 Å². The minimum absolute atomic E-state index is 0.198. The number of hydrogen-bond donors (Lipinski definition) is 1. The van der Waals surface area contributed by atoms with Crippen molar-refractivity contribution < 1.29 is 14.3 Å². The van der Waals surface area contributed by atoms with Crippen molar-refractivity contribution in [3.8, 4) is 5.75 Å². The molecule has 2 aromatic rings. The second-order valence-corrected chi connectivity index (χ2v) is 8.50. The number of allylic oxidation sites excluding steroid dienone is 3. The van der Waals surface area contributed by atoms with Crippen molar-refractivity contribution in [2.75, 3.05) is 7.11 Å². The molecular weight excluding hydrogens is 428 g/mol. The Morgan fingerprint density at radius 2 is 2.00 bits per heavy atom. The van der Waals surface area contributed by atoms with E-state index in [-0.39, 0.29) is 23.6 Å². The van der Waals surface area contributed by atoms with Crippen molar-refractivity contribution in [2.45, 2.75) is 23.9 Å². The van der Waals surface area contributed by atoms with Crippen LogP contribution in [0.5, 0.6) is 5.75 Å². The van der Waals surface area contributed by atoms with E-state index in [1.54, 1.807) is 42.0 Å². The number of carbonyl (C=O) groups excluding carboxylic acids is 2.